The van der Waals surface area contributed by atoms with Crippen LogP contribution in [-0.4, -0.2) is 35.5 Å². The molecule has 0 aliphatic carbocycles. The summed E-state index contributed by atoms with van der Waals surface area (Å²) in [7, 11) is 0. The van der Waals surface area contributed by atoms with Crippen LogP contribution in [0, 0.1) is 0 Å². The second-order valence-corrected chi connectivity index (χ2v) is 9.82. The minimum Gasteiger partial charge on any atom is -0.508 e. The Labute approximate surface area is 255 Å². The summed E-state index contributed by atoms with van der Waals surface area (Å²) in [6.45, 7) is 34.1. The molecule has 0 amide bonds. The Balaban J connectivity index is 0. The number of hydrazone groups is 1. The Bertz CT molecular complexity index is 1070. The van der Waals surface area contributed by atoms with Gasteiger partial charge in [0.15, 0.2) is 0 Å². The van der Waals surface area contributed by atoms with E-state index in [2.05, 4.69) is 68.1 Å². The highest BCUT2D eigenvalue weighted by molar-refractivity contribution is 5.53. The summed E-state index contributed by atoms with van der Waals surface area (Å²) in [5.74, 6) is -1.25. The van der Waals surface area contributed by atoms with Crippen LogP contribution in [0.25, 0.3) is 0 Å². The van der Waals surface area contributed by atoms with Gasteiger partial charge in [0.25, 0.3) is 0 Å². The molecule has 0 aromatic rings. The zero-order chi connectivity index (χ0) is 32.8. The molecule has 7 heteroatoms. The second-order valence-electron chi connectivity index (χ2n) is 9.82. The predicted octanol–water partition coefficient (Wildman–Crippen LogP) is 10.0. The molecule has 0 saturated heterocycles. The highest BCUT2D eigenvalue weighted by atomic mass is 19.2. The van der Waals surface area contributed by atoms with E-state index in [1.807, 2.05) is 39.6 Å². The van der Waals surface area contributed by atoms with Gasteiger partial charge in [-0.15, -0.1) is 0 Å². The van der Waals surface area contributed by atoms with Crippen LogP contribution in [0.2, 0.25) is 0 Å². The van der Waals surface area contributed by atoms with Gasteiger partial charge in [0.2, 0.25) is 0 Å². The third-order valence-electron chi connectivity index (χ3n) is 6.46. The first-order valence-electron chi connectivity index (χ1n) is 14.6. The van der Waals surface area contributed by atoms with E-state index in [-0.39, 0.29) is 11.8 Å². The maximum Gasteiger partial charge on any atom is 0.128 e. The van der Waals surface area contributed by atoms with Crippen molar-refractivity contribution < 1.29 is 13.9 Å². The molecule has 1 unspecified atom stereocenters. The van der Waals surface area contributed by atoms with Gasteiger partial charge in [-0.05, 0) is 97.4 Å². The van der Waals surface area contributed by atoms with E-state index in [1.54, 1.807) is 18.4 Å². The first kappa shape index (κ1) is 40.7. The van der Waals surface area contributed by atoms with E-state index < -0.39 is 11.7 Å². The first-order chi connectivity index (χ1) is 19.7. The summed E-state index contributed by atoms with van der Waals surface area (Å²) in [5, 5.41) is 23.7. The number of halogens is 2. The third kappa shape index (κ3) is 16.1. The molecule has 0 aliphatic heterocycles. The SMILES string of the molecule is C/C(F)=C(\C)F.C=CC(/C(O)=C\C)=C(/C)C(=C)CCC(CC)NC/C(=C/C(=C/C)C(=C)NCCC)N(/N=C\C)C(=C)C. The van der Waals surface area contributed by atoms with Gasteiger partial charge in [0.1, 0.15) is 17.4 Å². The maximum absolute atomic E-state index is 11.3. The molecule has 0 aromatic heterocycles. The zero-order valence-electron chi connectivity index (χ0n) is 27.6. The highest BCUT2D eigenvalue weighted by Crippen LogP contribution is 2.24. The van der Waals surface area contributed by atoms with Crippen LogP contribution in [0.3, 0.4) is 0 Å². The monoisotopic (exact) mass is 586 g/mol. The Morgan fingerprint density at radius 1 is 1.00 bits per heavy atom. The molecule has 0 radical (unpaired) electrons. The Hall–Kier alpha value is -3.45. The topological polar surface area (TPSA) is 59.9 Å². The van der Waals surface area contributed by atoms with Crippen LogP contribution in [0.4, 0.5) is 8.78 Å². The van der Waals surface area contributed by atoms with Crippen molar-refractivity contribution in [2.24, 2.45) is 5.10 Å². The molecule has 0 aromatic carbocycles. The fraction of sp³-hybridized carbons (Fsp3) is 0.457. The fourth-order valence-corrected chi connectivity index (χ4v) is 3.65. The Kier molecular flexibility index (Phi) is 22.4. The lowest BCUT2D eigenvalue weighted by molar-refractivity contribution is 0.409. The summed E-state index contributed by atoms with van der Waals surface area (Å²) in [6.07, 6.45) is 13.1. The molecule has 0 heterocycles. The molecule has 0 bridgehead atoms. The number of allylic oxidation sites excluding steroid dienone is 9. The van der Waals surface area contributed by atoms with Crippen LogP contribution >= 0.6 is 0 Å². The minimum absolute atomic E-state index is 0.231. The quantitative estimate of drug-likeness (QED) is 0.0647. The van der Waals surface area contributed by atoms with Crippen molar-refractivity contribution >= 4 is 6.21 Å². The standard InChI is InChI=1S/C31H50N4O.C4H6F2/c1-12-20-32-26(11)27(13-2)21-29(35(23(7)8)34-17-6)22-33-28(14-3)19-18-24(9)25(10)30(15-4)31(36)16-5;1-3(5)4(2)6/h13,15-17,21,28,32-33,36H,4,7,9,11-12,14,18-20,22H2,1-3,5-6,8,10H3;1-2H3/b27-13-,29-21-,30-25+,31-16+,34-17-;4-3-. The van der Waals surface area contributed by atoms with Crippen molar-refractivity contribution in [1.29, 1.82) is 0 Å². The van der Waals surface area contributed by atoms with Crippen molar-refractivity contribution in [2.45, 2.75) is 94.0 Å². The maximum atomic E-state index is 11.3. The number of hydrogen-bond acceptors (Lipinski definition) is 5. The van der Waals surface area contributed by atoms with Gasteiger partial charge in [-0.1, -0.05) is 57.9 Å². The minimum atomic E-state index is -0.741. The molecule has 0 spiro atoms. The van der Waals surface area contributed by atoms with Crippen molar-refractivity contribution in [1.82, 2.24) is 15.6 Å². The lowest BCUT2D eigenvalue weighted by Crippen LogP contribution is -2.34. The first-order valence-corrected chi connectivity index (χ1v) is 14.6. The number of aliphatic hydroxyl groups excluding tert-OH is 1. The molecule has 0 saturated carbocycles. The van der Waals surface area contributed by atoms with E-state index in [4.69, 9.17) is 0 Å². The average Bonchev–Trinajstić information content (AvgIpc) is 2.96. The molecule has 3 N–H and O–H groups in total. The largest absolute Gasteiger partial charge is 0.508 e. The van der Waals surface area contributed by atoms with E-state index in [0.29, 0.717) is 6.54 Å². The lowest BCUT2D eigenvalue weighted by atomic mass is 9.95. The van der Waals surface area contributed by atoms with Gasteiger partial charge in [-0.2, -0.15) is 5.10 Å². The van der Waals surface area contributed by atoms with E-state index >= 15 is 0 Å². The van der Waals surface area contributed by atoms with E-state index in [1.165, 1.54) is 0 Å². The van der Waals surface area contributed by atoms with Crippen LogP contribution in [0.15, 0.2) is 113 Å². The zero-order valence-corrected chi connectivity index (χ0v) is 27.6. The van der Waals surface area contributed by atoms with Gasteiger partial charge < -0.3 is 15.7 Å². The van der Waals surface area contributed by atoms with Crippen LogP contribution in [0.5, 0.6) is 0 Å². The summed E-state index contributed by atoms with van der Waals surface area (Å²) in [5.41, 5.74) is 6.47. The molecule has 0 fully saturated rings. The summed E-state index contributed by atoms with van der Waals surface area (Å²) < 4.78 is 22.7. The predicted molar refractivity (Wildman–Crippen MR) is 180 cm³/mol. The van der Waals surface area contributed by atoms with Crippen LogP contribution in [0.1, 0.15) is 88.0 Å². The van der Waals surface area contributed by atoms with Gasteiger partial charge in [0.05, 0.1) is 5.70 Å². The van der Waals surface area contributed by atoms with Gasteiger partial charge in [0, 0.05) is 42.3 Å². The van der Waals surface area contributed by atoms with Crippen LogP contribution < -0.4 is 10.6 Å². The molecule has 5 nitrogen and oxygen atoms in total. The lowest BCUT2D eigenvalue weighted by Gasteiger charge is -2.26. The molecular formula is C35H56F2N4O. The van der Waals surface area contributed by atoms with Crippen molar-refractivity contribution in [3.63, 3.8) is 0 Å². The highest BCUT2D eigenvalue weighted by Gasteiger charge is 2.15. The molecular weight excluding hydrogens is 530 g/mol. The van der Waals surface area contributed by atoms with Crippen molar-refractivity contribution in [3.8, 4) is 0 Å². The summed E-state index contributed by atoms with van der Waals surface area (Å²) in [6, 6.07) is 0.286. The molecule has 42 heavy (non-hydrogen) atoms. The van der Waals surface area contributed by atoms with Crippen molar-refractivity contribution in [2.75, 3.05) is 13.1 Å². The normalized spacial score (nSPS) is 14.3. The number of rotatable bonds is 18. The number of nitrogens with one attached hydrogen (secondary N) is 2. The van der Waals surface area contributed by atoms with E-state index in [0.717, 1.165) is 85.5 Å². The Morgan fingerprint density at radius 3 is 2.00 bits per heavy atom. The summed E-state index contributed by atoms with van der Waals surface area (Å²) >= 11 is 0. The molecule has 236 valence electrons. The average molecular weight is 587 g/mol. The Morgan fingerprint density at radius 2 is 1.60 bits per heavy atom. The second kappa shape index (κ2) is 23.1. The van der Waals surface area contributed by atoms with Gasteiger partial charge >= 0.3 is 0 Å². The molecule has 1 atom stereocenters. The van der Waals surface area contributed by atoms with Crippen molar-refractivity contribution in [3.05, 3.63) is 107 Å². The van der Waals surface area contributed by atoms with Gasteiger partial charge in [-0.25, -0.2) is 13.8 Å². The summed E-state index contributed by atoms with van der Waals surface area (Å²) in [4.78, 5) is 0. The number of aliphatic hydroxyl groups is 1. The molecule has 0 aliphatic rings. The van der Waals surface area contributed by atoms with E-state index in [9.17, 15) is 13.9 Å². The smallest absolute Gasteiger partial charge is 0.128 e. The number of nitrogens with zero attached hydrogens (tertiary/aromatic N) is 2. The fourth-order valence-electron chi connectivity index (χ4n) is 3.65. The third-order valence-corrected chi connectivity index (χ3v) is 6.46. The number of hydrogen-bond donors (Lipinski definition) is 3. The molecule has 0 rings (SSSR count). The van der Waals surface area contributed by atoms with Gasteiger partial charge in [-0.3, -0.25) is 0 Å². The van der Waals surface area contributed by atoms with Crippen LogP contribution in [-0.2, 0) is 0 Å².